The highest BCUT2D eigenvalue weighted by Crippen LogP contribution is 2.47. The Bertz CT molecular complexity index is 901. The summed E-state index contributed by atoms with van der Waals surface area (Å²) in [6.07, 6.45) is 4.18. The van der Waals surface area contributed by atoms with Gasteiger partial charge in [-0.1, -0.05) is 0 Å². The van der Waals surface area contributed by atoms with Gasteiger partial charge in [-0.05, 0) is 89.9 Å². The van der Waals surface area contributed by atoms with Crippen LogP contribution in [0.3, 0.4) is 0 Å². The van der Waals surface area contributed by atoms with Gasteiger partial charge in [-0.25, -0.2) is 0 Å². The Morgan fingerprint density at radius 3 is 2.35 bits per heavy atom. The monoisotopic (exact) mass is 427 g/mol. The smallest absolute Gasteiger partial charge is 0.490 e. The van der Waals surface area contributed by atoms with E-state index in [0.717, 1.165) is 48.9 Å². The fourth-order valence-electron chi connectivity index (χ4n) is 4.95. The molecular formula is C24H34BNO5. The average Bonchev–Trinajstić information content (AvgIpc) is 3.24. The topological polar surface area (TPSA) is 57.2 Å². The second-order valence-electron chi connectivity index (χ2n) is 10.7. The molecule has 2 saturated heterocycles. The number of fused-ring (bicyclic) bond motifs is 1. The predicted octanol–water partition coefficient (Wildman–Crippen LogP) is 3.15. The maximum absolute atomic E-state index is 13.9. The van der Waals surface area contributed by atoms with Gasteiger partial charge in [-0.2, -0.15) is 0 Å². The van der Waals surface area contributed by atoms with Crippen LogP contribution in [0.25, 0.3) is 0 Å². The quantitative estimate of drug-likeness (QED) is 0.694. The van der Waals surface area contributed by atoms with Gasteiger partial charge in [0.1, 0.15) is 12.4 Å². The van der Waals surface area contributed by atoms with Crippen molar-refractivity contribution in [3.8, 4) is 5.75 Å². The number of benzene rings is 1. The Labute approximate surface area is 185 Å². The van der Waals surface area contributed by atoms with Gasteiger partial charge >= 0.3 is 7.12 Å². The van der Waals surface area contributed by atoms with E-state index in [2.05, 4.69) is 6.92 Å². The van der Waals surface area contributed by atoms with E-state index < -0.39 is 18.3 Å². The molecule has 6 nitrogen and oxygen atoms in total. The maximum Gasteiger partial charge on any atom is 0.495 e. The summed E-state index contributed by atoms with van der Waals surface area (Å²) in [5.74, 6) is 0.755. The van der Waals surface area contributed by atoms with Crippen molar-refractivity contribution >= 4 is 18.5 Å². The predicted molar refractivity (Wildman–Crippen MR) is 119 cm³/mol. The third-order valence-electron chi connectivity index (χ3n) is 8.16. The molecule has 1 atom stereocenters. The molecule has 1 amide bonds. The minimum absolute atomic E-state index is 0.0429. The molecule has 1 saturated carbocycles. The van der Waals surface area contributed by atoms with Gasteiger partial charge < -0.3 is 23.7 Å². The highest BCUT2D eigenvalue weighted by Gasteiger charge is 2.55. The van der Waals surface area contributed by atoms with Crippen molar-refractivity contribution in [3.63, 3.8) is 0 Å². The molecule has 168 valence electrons. The first-order chi connectivity index (χ1) is 14.5. The number of nitrogens with zero attached hydrogens (tertiary/aromatic N) is 1. The van der Waals surface area contributed by atoms with Crippen LogP contribution in [0, 0.1) is 13.8 Å². The number of hydrogen-bond donors (Lipinski definition) is 0. The van der Waals surface area contributed by atoms with Gasteiger partial charge in [0.05, 0.1) is 28.4 Å². The first kappa shape index (κ1) is 21.3. The van der Waals surface area contributed by atoms with Crippen molar-refractivity contribution in [3.05, 3.63) is 22.8 Å². The van der Waals surface area contributed by atoms with Crippen LogP contribution in [0.4, 0.5) is 0 Å². The molecule has 5 rings (SSSR count). The van der Waals surface area contributed by atoms with E-state index in [4.69, 9.17) is 18.8 Å². The van der Waals surface area contributed by atoms with E-state index in [1.165, 1.54) is 0 Å². The van der Waals surface area contributed by atoms with Crippen molar-refractivity contribution in [2.75, 3.05) is 19.8 Å². The van der Waals surface area contributed by atoms with Gasteiger partial charge in [-0.3, -0.25) is 4.79 Å². The van der Waals surface area contributed by atoms with Crippen molar-refractivity contribution < 1.29 is 23.6 Å². The second-order valence-corrected chi connectivity index (χ2v) is 10.7. The molecule has 3 heterocycles. The first-order valence-electron chi connectivity index (χ1n) is 11.6. The summed E-state index contributed by atoms with van der Waals surface area (Å²) in [7, 11) is -0.508. The van der Waals surface area contributed by atoms with Crippen LogP contribution in [0.2, 0.25) is 0 Å². The Hall–Kier alpha value is -1.57. The summed E-state index contributed by atoms with van der Waals surface area (Å²) in [4.78, 5) is 15.9. The Balaban J connectivity index is 1.54. The SMILES string of the molecule is Cc1c(B2OC(C)(C)C(C)(C)O2)cc2c(c1C)OCC1(CC1)N(CC1CCCO1)C2=O. The Morgan fingerprint density at radius 2 is 1.77 bits per heavy atom. The van der Waals surface area contributed by atoms with Gasteiger partial charge in [0, 0.05) is 13.2 Å². The van der Waals surface area contributed by atoms with E-state index in [1.807, 2.05) is 45.6 Å². The second kappa shape index (κ2) is 6.96. The van der Waals surface area contributed by atoms with Crippen LogP contribution in [0.15, 0.2) is 6.07 Å². The van der Waals surface area contributed by atoms with Crippen molar-refractivity contribution in [2.24, 2.45) is 0 Å². The summed E-state index contributed by atoms with van der Waals surface area (Å²) in [5, 5.41) is 0. The average molecular weight is 427 g/mol. The minimum atomic E-state index is -0.508. The van der Waals surface area contributed by atoms with E-state index in [0.29, 0.717) is 24.5 Å². The van der Waals surface area contributed by atoms with Gasteiger partial charge in [-0.15, -0.1) is 0 Å². The summed E-state index contributed by atoms with van der Waals surface area (Å²) in [5.41, 5.74) is 2.52. The molecule has 3 fully saturated rings. The minimum Gasteiger partial charge on any atom is -0.490 e. The molecule has 1 aliphatic carbocycles. The van der Waals surface area contributed by atoms with Gasteiger partial charge in [0.25, 0.3) is 5.91 Å². The molecule has 1 unspecified atom stereocenters. The lowest BCUT2D eigenvalue weighted by Gasteiger charge is -2.32. The number of carbonyl (C=O) groups is 1. The van der Waals surface area contributed by atoms with E-state index in [1.54, 1.807) is 0 Å². The third-order valence-corrected chi connectivity index (χ3v) is 8.16. The van der Waals surface area contributed by atoms with Gasteiger partial charge in [0.2, 0.25) is 0 Å². The van der Waals surface area contributed by atoms with Crippen LogP contribution in [-0.4, -0.2) is 60.5 Å². The fourth-order valence-corrected chi connectivity index (χ4v) is 4.95. The van der Waals surface area contributed by atoms with E-state index in [9.17, 15) is 4.79 Å². The molecule has 0 N–H and O–H groups in total. The number of carbonyl (C=O) groups excluding carboxylic acids is 1. The highest BCUT2D eigenvalue weighted by molar-refractivity contribution is 6.62. The molecule has 0 radical (unpaired) electrons. The molecule has 1 spiro atoms. The lowest BCUT2D eigenvalue weighted by atomic mass is 9.74. The zero-order valence-corrected chi connectivity index (χ0v) is 19.7. The van der Waals surface area contributed by atoms with Crippen molar-refractivity contribution in [2.45, 2.75) is 90.1 Å². The lowest BCUT2D eigenvalue weighted by Crippen LogP contribution is -2.47. The molecule has 3 aliphatic heterocycles. The first-order valence-corrected chi connectivity index (χ1v) is 11.6. The van der Waals surface area contributed by atoms with Crippen LogP contribution in [0.5, 0.6) is 5.75 Å². The Kier molecular flexibility index (Phi) is 4.78. The molecule has 1 aromatic rings. The maximum atomic E-state index is 13.9. The number of rotatable bonds is 3. The molecular weight excluding hydrogens is 393 g/mol. The normalized spacial score (nSPS) is 27.9. The standard InChI is InChI=1S/C24H34BNO5/c1-15-16(2)20-18(12-19(15)25-30-22(3,4)23(5,6)31-25)21(27)26(13-17-8-7-11-28-17)24(9-10-24)14-29-20/h12,17H,7-11,13-14H2,1-6H3. The zero-order chi connectivity index (χ0) is 22.2. The van der Waals surface area contributed by atoms with Gasteiger partial charge in [0.15, 0.2) is 0 Å². The van der Waals surface area contributed by atoms with Crippen LogP contribution in [-0.2, 0) is 14.0 Å². The summed E-state index contributed by atoms with van der Waals surface area (Å²) < 4.78 is 24.8. The van der Waals surface area contributed by atoms with E-state index in [-0.39, 0.29) is 17.6 Å². The Morgan fingerprint density at radius 1 is 1.10 bits per heavy atom. The molecule has 31 heavy (non-hydrogen) atoms. The molecule has 4 aliphatic rings. The zero-order valence-electron chi connectivity index (χ0n) is 19.7. The van der Waals surface area contributed by atoms with Crippen LogP contribution in [0.1, 0.15) is 74.9 Å². The molecule has 0 aromatic heterocycles. The number of amides is 1. The van der Waals surface area contributed by atoms with Crippen LogP contribution < -0.4 is 10.2 Å². The molecule has 1 aromatic carbocycles. The summed E-state index contributed by atoms with van der Waals surface area (Å²) in [6.45, 7) is 14.3. The fraction of sp³-hybridized carbons (Fsp3) is 0.708. The third kappa shape index (κ3) is 3.31. The molecule has 0 bridgehead atoms. The number of ether oxygens (including phenoxy) is 2. The molecule has 7 heteroatoms. The van der Waals surface area contributed by atoms with E-state index >= 15 is 0 Å². The number of hydrogen-bond acceptors (Lipinski definition) is 5. The lowest BCUT2D eigenvalue weighted by molar-refractivity contribution is 0.00578. The summed E-state index contributed by atoms with van der Waals surface area (Å²) in [6, 6.07) is 1.95. The largest absolute Gasteiger partial charge is 0.495 e. The van der Waals surface area contributed by atoms with Crippen LogP contribution >= 0.6 is 0 Å². The van der Waals surface area contributed by atoms with Crippen molar-refractivity contribution in [1.29, 1.82) is 0 Å². The van der Waals surface area contributed by atoms with Crippen molar-refractivity contribution in [1.82, 2.24) is 4.90 Å². The summed E-state index contributed by atoms with van der Waals surface area (Å²) >= 11 is 0. The highest BCUT2D eigenvalue weighted by atomic mass is 16.7.